The van der Waals surface area contributed by atoms with Gasteiger partial charge in [0.2, 0.25) is 5.88 Å². The van der Waals surface area contributed by atoms with E-state index in [1.165, 1.54) is 13.3 Å². The first-order valence-corrected chi connectivity index (χ1v) is 5.62. The summed E-state index contributed by atoms with van der Waals surface area (Å²) < 4.78 is 0.942. The van der Waals surface area contributed by atoms with E-state index in [4.69, 9.17) is 0 Å². The van der Waals surface area contributed by atoms with Gasteiger partial charge in [0, 0.05) is 13.3 Å². The van der Waals surface area contributed by atoms with Gasteiger partial charge in [-0.1, -0.05) is 17.7 Å². The Labute approximate surface area is 108 Å². The van der Waals surface area contributed by atoms with Gasteiger partial charge in [0.25, 0.3) is 5.56 Å². The zero-order valence-electron chi connectivity index (χ0n) is 10.5. The van der Waals surface area contributed by atoms with E-state index in [-0.39, 0.29) is 5.56 Å². The first-order chi connectivity index (χ1) is 8.99. The Kier molecular flexibility index (Phi) is 3.33. The summed E-state index contributed by atoms with van der Waals surface area (Å²) in [6, 6.07) is 7.35. The second kappa shape index (κ2) is 4.93. The Morgan fingerprint density at radius 3 is 2.53 bits per heavy atom. The minimum absolute atomic E-state index is 0.0531. The van der Waals surface area contributed by atoms with Crippen LogP contribution in [0.15, 0.2) is 38.8 Å². The minimum Gasteiger partial charge on any atom is -0.494 e. The van der Waals surface area contributed by atoms with Crippen LogP contribution in [0.5, 0.6) is 5.88 Å². The standard InChI is InChI=1S/C13H13N3O3/c1-8-3-5-9(6-4-8)14-7-10-11(17)15-13(19)16(2)12(10)18/h3-7,18H,1-2H3,(H,15,17,19). The monoisotopic (exact) mass is 259 g/mol. The number of aryl methyl sites for hydroxylation is 1. The van der Waals surface area contributed by atoms with Crippen molar-refractivity contribution in [3.8, 4) is 5.88 Å². The predicted octanol–water partition coefficient (Wildman–Crippen LogP) is 0.838. The molecule has 0 aliphatic rings. The van der Waals surface area contributed by atoms with Crippen LogP contribution in [0.1, 0.15) is 11.1 Å². The quantitative estimate of drug-likeness (QED) is 0.783. The molecule has 2 N–H and O–H groups in total. The average molecular weight is 259 g/mol. The molecule has 0 bridgehead atoms. The van der Waals surface area contributed by atoms with Crippen LogP contribution in [0, 0.1) is 6.92 Å². The van der Waals surface area contributed by atoms with Crippen LogP contribution >= 0.6 is 0 Å². The van der Waals surface area contributed by atoms with Crippen molar-refractivity contribution < 1.29 is 5.11 Å². The van der Waals surface area contributed by atoms with Gasteiger partial charge in [-0.05, 0) is 19.1 Å². The number of aromatic hydroxyl groups is 1. The summed E-state index contributed by atoms with van der Waals surface area (Å²) in [4.78, 5) is 29.0. The number of rotatable bonds is 2. The molecule has 0 amide bonds. The van der Waals surface area contributed by atoms with E-state index in [2.05, 4.69) is 9.98 Å². The van der Waals surface area contributed by atoms with Crippen LogP contribution in [-0.2, 0) is 7.05 Å². The molecular formula is C13H13N3O3. The second-order valence-electron chi connectivity index (χ2n) is 4.15. The first-order valence-electron chi connectivity index (χ1n) is 5.62. The summed E-state index contributed by atoms with van der Waals surface area (Å²) in [6.45, 7) is 1.96. The lowest BCUT2D eigenvalue weighted by Gasteiger charge is -2.02. The Hall–Kier alpha value is -2.63. The molecule has 0 aliphatic carbocycles. The van der Waals surface area contributed by atoms with E-state index in [1.807, 2.05) is 19.1 Å². The molecule has 0 saturated heterocycles. The molecular weight excluding hydrogens is 246 g/mol. The third kappa shape index (κ3) is 2.62. The SMILES string of the molecule is Cc1ccc(N=Cc2c(O)n(C)c(=O)[nH]c2=O)cc1. The third-order valence-corrected chi connectivity index (χ3v) is 2.71. The van der Waals surface area contributed by atoms with Gasteiger partial charge in [0.1, 0.15) is 5.56 Å². The number of aromatic nitrogens is 2. The first kappa shape index (κ1) is 12.8. The van der Waals surface area contributed by atoms with Gasteiger partial charge in [-0.15, -0.1) is 0 Å². The number of H-pyrrole nitrogens is 1. The van der Waals surface area contributed by atoms with Gasteiger partial charge in [-0.3, -0.25) is 19.3 Å². The molecule has 6 heteroatoms. The molecule has 0 unspecified atom stereocenters. The maximum absolute atomic E-state index is 11.6. The normalized spacial score (nSPS) is 11.1. The third-order valence-electron chi connectivity index (χ3n) is 2.71. The average Bonchev–Trinajstić information content (AvgIpc) is 2.38. The number of hydrogen-bond acceptors (Lipinski definition) is 4. The minimum atomic E-state index is -0.671. The molecule has 19 heavy (non-hydrogen) atoms. The molecule has 0 radical (unpaired) electrons. The van der Waals surface area contributed by atoms with E-state index in [9.17, 15) is 14.7 Å². The van der Waals surface area contributed by atoms with E-state index >= 15 is 0 Å². The summed E-state index contributed by atoms with van der Waals surface area (Å²) in [5, 5.41) is 9.73. The van der Waals surface area contributed by atoms with E-state index in [0.717, 1.165) is 10.1 Å². The highest BCUT2D eigenvalue weighted by Gasteiger charge is 2.09. The van der Waals surface area contributed by atoms with Gasteiger partial charge >= 0.3 is 5.69 Å². The van der Waals surface area contributed by atoms with Crippen LogP contribution in [-0.4, -0.2) is 20.9 Å². The predicted molar refractivity (Wildman–Crippen MR) is 72.4 cm³/mol. The maximum atomic E-state index is 11.6. The largest absolute Gasteiger partial charge is 0.494 e. The van der Waals surface area contributed by atoms with Gasteiger partial charge < -0.3 is 5.11 Å². The van der Waals surface area contributed by atoms with Crippen LogP contribution in [0.2, 0.25) is 0 Å². The van der Waals surface area contributed by atoms with Gasteiger partial charge in [0.05, 0.1) is 5.69 Å². The number of benzene rings is 1. The fourth-order valence-electron chi connectivity index (χ4n) is 1.51. The van der Waals surface area contributed by atoms with Crippen molar-refractivity contribution in [1.29, 1.82) is 0 Å². The number of hydrogen-bond donors (Lipinski definition) is 2. The highest BCUT2D eigenvalue weighted by molar-refractivity contribution is 5.83. The second-order valence-corrected chi connectivity index (χ2v) is 4.15. The highest BCUT2D eigenvalue weighted by atomic mass is 16.3. The van der Waals surface area contributed by atoms with Crippen LogP contribution < -0.4 is 11.2 Å². The lowest BCUT2D eigenvalue weighted by atomic mass is 10.2. The molecule has 1 aromatic carbocycles. The zero-order chi connectivity index (χ0) is 14.0. The summed E-state index contributed by atoms with van der Waals surface area (Å²) in [5.41, 5.74) is 0.356. The summed E-state index contributed by atoms with van der Waals surface area (Å²) in [5.74, 6) is -0.412. The Morgan fingerprint density at radius 2 is 1.89 bits per heavy atom. The van der Waals surface area contributed by atoms with Crippen molar-refractivity contribution in [2.24, 2.45) is 12.0 Å². The van der Waals surface area contributed by atoms with Crippen molar-refractivity contribution in [2.45, 2.75) is 6.92 Å². The van der Waals surface area contributed by atoms with Crippen LogP contribution in [0.4, 0.5) is 5.69 Å². The van der Waals surface area contributed by atoms with Crippen LogP contribution in [0.3, 0.4) is 0 Å². The number of nitrogens with one attached hydrogen (secondary N) is 1. The molecule has 0 atom stereocenters. The smallest absolute Gasteiger partial charge is 0.330 e. The Balaban J connectivity index is 2.44. The Morgan fingerprint density at radius 1 is 1.26 bits per heavy atom. The summed E-state index contributed by atoms with van der Waals surface area (Å²) in [7, 11) is 1.36. The van der Waals surface area contributed by atoms with Crippen molar-refractivity contribution >= 4 is 11.9 Å². The van der Waals surface area contributed by atoms with Gasteiger partial charge in [0.15, 0.2) is 0 Å². The molecule has 2 aromatic rings. The zero-order valence-corrected chi connectivity index (χ0v) is 10.5. The highest BCUT2D eigenvalue weighted by Crippen LogP contribution is 2.13. The fourth-order valence-corrected chi connectivity index (χ4v) is 1.51. The summed E-state index contributed by atoms with van der Waals surface area (Å²) in [6.07, 6.45) is 1.23. The lowest BCUT2D eigenvalue weighted by Crippen LogP contribution is -2.30. The molecule has 0 saturated carbocycles. The molecule has 0 aliphatic heterocycles. The van der Waals surface area contributed by atoms with Crippen molar-refractivity contribution in [2.75, 3.05) is 0 Å². The number of aromatic amines is 1. The summed E-state index contributed by atoms with van der Waals surface area (Å²) >= 11 is 0. The topological polar surface area (TPSA) is 87.4 Å². The van der Waals surface area contributed by atoms with Crippen molar-refractivity contribution in [1.82, 2.24) is 9.55 Å². The van der Waals surface area contributed by atoms with E-state index in [0.29, 0.717) is 5.69 Å². The molecule has 0 fully saturated rings. The molecule has 2 rings (SSSR count). The number of nitrogens with zero attached hydrogens (tertiary/aromatic N) is 2. The van der Waals surface area contributed by atoms with E-state index in [1.54, 1.807) is 12.1 Å². The van der Waals surface area contributed by atoms with Crippen LogP contribution in [0.25, 0.3) is 0 Å². The van der Waals surface area contributed by atoms with Crippen molar-refractivity contribution in [3.05, 3.63) is 56.2 Å². The molecule has 6 nitrogen and oxygen atoms in total. The fraction of sp³-hybridized carbons (Fsp3) is 0.154. The van der Waals surface area contributed by atoms with E-state index < -0.39 is 17.1 Å². The van der Waals surface area contributed by atoms with Gasteiger partial charge in [-0.25, -0.2) is 4.79 Å². The van der Waals surface area contributed by atoms with Gasteiger partial charge in [-0.2, -0.15) is 0 Å². The molecule has 0 spiro atoms. The molecule has 1 heterocycles. The lowest BCUT2D eigenvalue weighted by molar-refractivity contribution is 0.417. The van der Waals surface area contributed by atoms with Crippen molar-refractivity contribution in [3.63, 3.8) is 0 Å². The maximum Gasteiger partial charge on any atom is 0.330 e. The molecule has 98 valence electrons. The number of aliphatic imine (C=N–C) groups is 1. The Bertz CT molecular complexity index is 739. The molecule has 1 aromatic heterocycles.